The first-order valence-electron chi connectivity index (χ1n) is 6.20. The largest absolute Gasteiger partial charge is 0.497 e. The lowest BCUT2D eigenvalue weighted by Gasteiger charge is -2.04. The number of benzene rings is 1. The fourth-order valence-electron chi connectivity index (χ4n) is 2.03. The van der Waals surface area contributed by atoms with Crippen LogP contribution in [0.4, 0.5) is 10.3 Å². The van der Waals surface area contributed by atoms with Gasteiger partial charge in [0.2, 0.25) is 5.88 Å². The lowest BCUT2D eigenvalue weighted by atomic mass is 10.0. The molecule has 0 spiro atoms. The summed E-state index contributed by atoms with van der Waals surface area (Å²) in [6.07, 6.45) is 1.12. The van der Waals surface area contributed by atoms with Crippen LogP contribution in [0.3, 0.4) is 0 Å². The second-order valence-corrected chi connectivity index (χ2v) is 4.36. The van der Waals surface area contributed by atoms with Crippen molar-refractivity contribution < 1.29 is 13.7 Å². The highest BCUT2D eigenvalue weighted by Crippen LogP contribution is 2.35. The Morgan fingerprint density at radius 3 is 2.52 bits per heavy atom. The van der Waals surface area contributed by atoms with E-state index in [4.69, 9.17) is 15.0 Å². The van der Waals surface area contributed by atoms with Gasteiger partial charge in [0, 0.05) is 0 Å². The molecule has 2 aromatic heterocycles. The first-order chi connectivity index (χ1) is 10.2. The molecule has 3 rings (SSSR count). The predicted octanol–water partition coefficient (Wildman–Crippen LogP) is 3.13. The molecule has 5 nitrogen and oxygen atoms in total. The number of nitrogens with zero attached hydrogens (tertiary/aromatic N) is 2. The highest BCUT2D eigenvalue weighted by molar-refractivity contribution is 5.85. The lowest BCUT2D eigenvalue weighted by Crippen LogP contribution is -1.90. The molecule has 0 amide bonds. The van der Waals surface area contributed by atoms with Crippen LogP contribution in [0.15, 0.2) is 47.1 Å². The summed E-state index contributed by atoms with van der Waals surface area (Å²) in [5, 5.41) is 3.92. The molecule has 6 heteroatoms. The van der Waals surface area contributed by atoms with Gasteiger partial charge < -0.3 is 15.0 Å². The van der Waals surface area contributed by atoms with Crippen LogP contribution in [-0.4, -0.2) is 17.3 Å². The van der Waals surface area contributed by atoms with E-state index in [0.717, 1.165) is 17.5 Å². The summed E-state index contributed by atoms with van der Waals surface area (Å²) in [5.74, 6) is 0.498. The van der Waals surface area contributed by atoms with Crippen molar-refractivity contribution in [2.45, 2.75) is 0 Å². The Kier molecular flexibility index (Phi) is 3.27. The maximum absolute atomic E-state index is 13.0. The van der Waals surface area contributed by atoms with E-state index >= 15 is 0 Å². The number of hydrogen-bond acceptors (Lipinski definition) is 5. The van der Waals surface area contributed by atoms with Crippen LogP contribution in [0.2, 0.25) is 0 Å². The van der Waals surface area contributed by atoms with Crippen LogP contribution in [-0.2, 0) is 0 Å². The molecule has 0 radical (unpaired) electrons. The van der Waals surface area contributed by atoms with Crippen molar-refractivity contribution in [3.8, 4) is 28.3 Å². The zero-order valence-corrected chi connectivity index (χ0v) is 11.2. The maximum atomic E-state index is 13.0. The smallest absolute Gasteiger partial charge is 0.230 e. The summed E-state index contributed by atoms with van der Waals surface area (Å²) in [6, 6.07) is 10.1. The normalized spacial score (nSPS) is 10.6. The molecule has 106 valence electrons. The molecule has 0 fully saturated rings. The Bertz CT molecular complexity index is 752. The van der Waals surface area contributed by atoms with E-state index in [1.807, 2.05) is 24.3 Å². The predicted molar refractivity (Wildman–Crippen MR) is 76.1 cm³/mol. The van der Waals surface area contributed by atoms with Gasteiger partial charge in [0.05, 0.1) is 24.6 Å². The molecular formula is C15H12FN3O2. The van der Waals surface area contributed by atoms with E-state index < -0.39 is 5.82 Å². The van der Waals surface area contributed by atoms with Gasteiger partial charge in [0.1, 0.15) is 17.3 Å². The molecule has 2 heterocycles. The van der Waals surface area contributed by atoms with E-state index in [1.165, 1.54) is 12.1 Å². The fraction of sp³-hybridized carbons (Fsp3) is 0.0667. The minimum absolute atomic E-state index is 0.182. The van der Waals surface area contributed by atoms with Gasteiger partial charge in [-0.2, -0.15) is 0 Å². The third-order valence-corrected chi connectivity index (χ3v) is 3.07. The van der Waals surface area contributed by atoms with Gasteiger partial charge in [-0.25, -0.2) is 4.39 Å². The molecule has 0 saturated carbocycles. The highest BCUT2D eigenvalue weighted by Gasteiger charge is 2.18. The van der Waals surface area contributed by atoms with Crippen molar-refractivity contribution in [2.75, 3.05) is 12.8 Å². The standard InChI is InChI=1S/C15H12FN3O2/c1-20-11-5-2-9(3-6-11)13-14(19-21-15(13)17)12-7-4-10(16)8-18-12/h2-8H,17H2,1H3. The number of nitrogen functional groups attached to an aromatic ring is 1. The van der Waals surface area contributed by atoms with Gasteiger partial charge in [0.15, 0.2) is 0 Å². The zero-order valence-electron chi connectivity index (χ0n) is 11.2. The van der Waals surface area contributed by atoms with Crippen molar-refractivity contribution >= 4 is 5.88 Å². The molecule has 2 N–H and O–H groups in total. The van der Waals surface area contributed by atoms with Crippen LogP contribution in [0.1, 0.15) is 0 Å². The minimum atomic E-state index is -0.416. The van der Waals surface area contributed by atoms with E-state index in [9.17, 15) is 4.39 Å². The summed E-state index contributed by atoms with van der Waals surface area (Å²) >= 11 is 0. The molecule has 21 heavy (non-hydrogen) atoms. The Labute approximate surface area is 120 Å². The van der Waals surface area contributed by atoms with Gasteiger partial charge in [-0.1, -0.05) is 17.3 Å². The number of methoxy groups -OCH3 is 1. The Hall–Kier alpha value is -2.89. The number of hydrogen-bond donors (Lipinski definition) is 1. The quantitative estimate of drug-likeness (QED) is 0.800. The van der Waals surface area contributed by atoms with Crippen molar-refractivity contribution in [2.24, 2.45) is 0 Å². The second-order valence-electron chi connectivity index (χ2n) is 4.36. The third kappa shape index (κ3) is 2.43. The summed E-state index contributed by atoms with van der Waals surface area (Å²) in [4.78, 5) is 4.00. The number of aromatic nitrogens is 2. The zero-order chi connectivity index (χ0) is 14.8. The molecule has 0 bridgehead atoms. The first-order valence-corrected chi connectivity index (χ1v) is 6.20. The average Bonchev–Trinajstić information content (AvgIpc) is 2.90. The van der Waals surface area contributed by atoms with Crippen LogP contribution in [0.25, 0.3) is 22.5 Å². The number of halogens is 1. The van der Waals surface area contributed by atoms with Crippen molar-refractivity contribution in [3.05, 3.63) is 48.4 Å². The Morgan fingerprint density at radius 2 is 1.90 bits per heavy atom. The van der Waals surface area contributed by atoms with Crippen molar-refractivity contribution in [1.29, 1.82) is 0 Å². The summed E-state index contributed by atoms with van der Waals surface area (Å²) in [7, 11) is 1.59. The topological polar surface area (TPSA) is 74.2 Å². The molecule has 3 aromatic rings. The van der Waals surface area contributed by atoms with Gasteiger partial charge in [-0.15, -0.1) is 0 Å². The van der Waals surface area contributed by atoms with Crippen LogP contribution in [0.5, 0.6) is 5.75 Å². The fourth-order valence-corrected chi connectivity index (χ4v) is 2.03. The third-order valence-electron chi connectivity index (χ3n) is 3.07. The summed E-state index contributed by atoms with van der Waals surface area (Å²) in [6.45, 7) is 0. The molecule has 0 unspecified atom stereocenters. The minimum Gasteiger partial charge on any atom is -0.497 e. The van der Waals surface area contributed by atoms with Crippen molar-refractivity contribution in [1.82, 2.24) is 10.1 Å². The Balaban J connectivity index is 2.09. The van der Waals surface area contributed by atoms with E-state index in [2.05, 4.69) is 10.1 Å². The number of anilines is 1. The number of nitrogens with two attached hydrogens (primary N) is 1. The number of rotatable bonds is 3. The maximum Gasteiger partial charge on any atom is 0.230 e. The summed E-state index contributed by atoms with van der Waals surface area (Å²) in [5.41, 5.74) is 8.25. The highest BCUT2D eigenvalue weighted by atomic mass is 19.1. The SMILES string of the molecule is COc1ccc(-c2c(-c3ccc(F)cn3)noc2N)cc1. The molecule has 0 saturated heterocycles. The van der Waals surface area contributed by atoms with E-state index in [-0.39, 0.29) is 5.88 Å². The van der Waals surface area contributed by atoms with Gasteiger partial charge in [-0.3, -0.25) is 4.98 Å². The van der Waals surface area contributed by atoms with Crippen LogP contribution >= 0.6 is 0 Å². The second kappa shape index (κ2) is 5.24. The number of ether oxygens (including phenoxy) is 1. The Morgan fingerprint density at radius 1 is 1.14 bits per heavy atom. The summed E-state index contributed by atoms with van der Waals surface area (Å²) < 4.78 is 23.1. The monoisotopic (exact) mass is 285 g/mol. The lowest BCUT2D eigenvalue weighted by molar-refractivity contribution is 0.415. The van der Waals surface area contributed by atoms with Crippen LogP contribution < -0.4 is 10.5 Å². The molecule has 0 aliphatic heterocycles. The van der Waals surface area contributed by atoms with Gasteiger partial charge in [-0.05, 0) is 29.8 Å². The molecule has 0 aliphatic carbocycles. The van der Waals surface area contributed by atoms with Crippen LogP contribution in [0, 0.1) is 5.82 Å². The van der Waals surface area contributed by atoms with E-state index in [0.29, 0.717) is 17.0 Å². The molecule has 0 aliphatic rings. The molecular weight excluding hydrogens is 273 g/mol. The van der Waals surface area contributed by atoms with Crippen molar-refractivity contribution in [3.63, 3.8) is 0 Å². The van der Waals surface area contributed by atoms with E-state index in [1.54, 1.807) is 7.11 Å². The first kappa shape index (κ1) is 13.1. The molecule has 0 atom stereocenters. The molecule has 1 aromatic carbocycles. The average molecular weight is 285 g/mol. The van der Waals surface area contributed by atoms with Gasteiger partial charge in [0.25, 0.3) is 0 Å². The van der Waals surface area contributed by atoms with Gasteiger partial charge >= 0.3 is 0 Å². The number of pyridine rings is 1.